The van der Waals surface area contributed by atoms with Crippen molar-refractivity contribution in [3.8, 4) is 0 Å². The van der Waals surface area contributed by atoms with E-state index < -0.39 is 5.31 Å². The first-order chi connectivity index (χ1) is 13.2. The van der Waals surface area contributed by atoms with Crippen molar-refractivity contribution >= 4 is 42.0 Å². The topological polar surface area (TPSA) is 0 Å². The summed E-state index contributed by atoms with van der Waals surface area (Å²) >= 11 is 4.51. The van der Waals surface area contributed by atoms with Crippen LogP contribution in [0, 0.1) is 6.92 Å². The van der Waals surface area contributed by atoms with E-state index in [9.17, 15) is 0 Å². The summed E-state index contributed by atoms with van der Waals surface area (Å²) in [5, 5.41) is 2.25. The molecular formula is C25H22BrP. The van der Waals surface area contributed by atoms with Crippen LogP contribution in [-0.4, -0.2) is 0 Å². The van der Waals surface area contributed by atoms with Gasteiger partial charge in [0.25, 0.3) is 0 Å². The van der Waals surface area contributed by atoms with Crippen LogP contribution in [0.25, 0.3) is 0 Å². The zero-order chi connectivity index (χ0) is 18.8. The van der Waals surface area contributed by atoms with E-state index in [0.29, 0.717) is 0 Å². The fraction of sp³-hybridized carbons (Fsp3) is 0.0400. The second-order valence-corrected chi connectivity index (χ2v) is 15.1. The SMILES string of the molecule is Cc1ccccc1P(Br)(c1ccccc1)(c1ccccc1)c1ccccc1. The van der Waals surface area contributed by atoms with Gasteiger partial charge in [0.2, 0.25) is 0 Å². The number of benzene rings is 4. The van der Waals surface area contributed by atoms with Crippen molar-refractivity contribution < 1.29 is 0 Å². The van der Waals surface area contributed by atoms with E-state index >= 15 is 0 Å². The second-order valence-electron chi connectivity index (χ2n) is 6.80. The van der Waals surface area contributed by atoms with Crippen LogP contribution in [-0.2, 0) is 0 Å². The number of hydrogen-bond acceptors (Lipinski definition) is 0. The Kier molecular flexibility index (Phi) is 4.76. The van der Waals surface area contributed by atoms with Gasteiger partial charge >= 0.3 is 170 Å². The van der Waals surface area contributed by atoms with Crippen molar-refractivity contribution in [1.29, 1.82) is 0 Å². The summed E-state index contributed by atoms with van der Waals surface area (Å²) in [4.78, 5) is 0. The molecule has 0 atom stereocenters. The van der Waals surface area contributed by atoms with Crippen LogP contribution in [0.5, 0.6) is 0 Å². The Balaban J connectivity index is 2.26. The predicted molar refractivity (Wildman–Crippen MR) is 125 cm³/mol. The summed E-state index contributed by atoms with van der Waals surface area (Å²) in [6.07, 6.45) is 0. The minimum absolute atomic E-state index is 1.30. The van der Waals surface area contributed by atoms with Crippen molar-refractivity contribution in [2.24, 2.45) is 0 Å². The van der Waals surface area contributed by atoms with E-state index in [4.69, 9.17) is 0 Å². The van der Waals surface area contributed by atoms with Crippen LogP contribution in [0.15, 0.2) is 115 Å². The molecule has 0 aliphatic carbocycles. The van der Waals surface area contributed by atoms with Crippen molar-refractivity contribution in [3.63, 3.8) is 0 Å². The van der Waals surface area contributed by atoms with Gasteiger partial charge in [0, 0.05) is 0 Å². The molecule has 0 bridgehead atoms. The first-order valence-corrected chi connectivity index (χ1v) is 13.4. The number of aryl methyl sites for hydroxylation is 1. The third-order valence-electron chi connectivity index (χ3n) is 5.29. The summed E-state index contributed by atoms with van der Waals surface area (Å²) in [6.45, 7) is 2.22. The van der Waals surface area contributed by atoms with Crippen LogP contribution < -0.4 is 21.2 Å². The standard InChI is InChI=1S/C25H22BrP/c1-21-13-11-12-20-25(21)27(26,22-14-5-2-6-15-22,23-16-7-3-8-17-23)24-18-9-4-10-19-24/h2-20H,1H3. The normalized spacial score (nSPS) is 12.9. The van der Waals surface area contributed by atoms with Crippen molar-refractivity contribution in [2.75, 3.05) is 0 Å². The van der Waals surface area contributed by atoms with Gasteiger partial charge in [-0.25, -0.2) is 0 Å². The fourth-order valence-corrected chi connectivity index (χ4v) is 12.4. The third kappa shape index (κ3) is 2.69. The zero-order valence-corrected chi connectivity index (χ0v) is 17.8. The predicted octanol–water partition coefficient (Wildman–Crippen LogP) is 5.46. The first kappa shape index (κ1) is 18.2. The molecule has 134 valence electrons. The molecule has 0 saturated carbocycles. The van der Waals surface area contributed by atoms with Gasteiger partial charge in [0.05, 0.1) is 0 Å². The van der Waals surface area contributed by atoms with Gasteiger partial charge in [-0.15, -0.1) is 0 Å². The maximum atomic E-state index is 4.51. The van der Waals surface area contributed by atoms with E-state index in [1.54, 1.807) is 0 Å². The molecule has 2 heteroatoms. The molecule has 0 radical (unpaired) electrons. The van der Waals surface area contributed by atoms with Crippen LogP contribution >= 0.6 is 20.8 Å². The van der Waals surface area contributed by atoms with Crippen LogP contribution in [0.1, 0.15) is 5.56 Å². The molecule has 0 unspecified atom stereocenters. The molecule has 4 aromatic rings. The molecule has 0 aromatic heterocycles. The molecule has 4 rings (SSSR count). The molecule has 0 nitrogen and oxygen atoms in total. The molecule has 0 saturated heterocycles. The Morgan fingerprint density at radius 1 is 0.481 bits per heavy atom. The van der Waals surface area contributed by atoms with E-state index in [1.165, 1.54) is 26.8 Å². The van der Waals surface area contributed by atoms with Gasteiger partial charge in [-0.1, -0.05) is 0 Å². The third-order valence-corrected chi connectivity index (χ3v) is 15.3. The maximum absolute atomic E-state index is 4.51. The van der Waals surface area contributed by atoms with Crippen molar-refractivity contribution in [2.45, 2.75) is 6.92 Å². The first-order valence-electron chi connectivity index (χ1n) is 9.12. The molecular weight excluding hydrogens is 411 g/mol. The Hall–Kier alpha value is -2.21. The number of rotatable bonds is 4. The Morgan fingerprint density at radius 2 is 0.815 bits per heavy atom. The Bertz CT molecular complexity index is 944. The van der Waals surface area contributed by atoms with Gasteiger partial charge in [-0.05, 0) is 0 Å². The average molecular weight is 433 g/mol. The van der Waals surface area contributed by atoms with Gasteiger partial charge in [0.15, 0.2) is 0 Å². The summed E-state index contributed by atoms with van der Waals surface area (Å²) < 4.78 is 0. The van der Waals surface area contributed by atoms with Crippen LogP contribution in [0.3, 0.4) is 0 Å². The molecule has 4 aromatic carbocycles. The molecule has 0 N–H and O–H groups in total. The molecule has 0 aliphatic heterocycles. The van der Waals surface area contributed by atoms with Crippen LogP contribution in [0.4, 0.5) is 0 Å². The van der Waals surface area contributed by atoms with Gasteiger partial charge in [-0.3, -0.25) is 0 Å². The van der Waals surface area contributed by atoms with E-state index in [1.807, 2.05) is 0 Å². The summed E-state index contributed by atoms with van der Waals surface area (Å²) in [7, 11) is 0. The molecule has 0 fully saturated rings. The van der Waals surface area contributed by atoms with E-state index in [2.05, 4.69) is 138 Å². The summed E-state index contributed by atoms with van der Waals surface area (Å²) in [5.41, 5.74) is 1.30. The van der Waals surface area contributed by atoms with Gasteiger partial charge in [-0.2, -0.15) is 0 Å². The Morgan fingerprint density at radius 3 is 1.19 bits per heavy atom. The number of hydrogen-bond donors (Lipinski definition) is 0. The van der Waals surface area contributed by atoms with Crippen LogP contribution in [0.2, 0.25) is 0 Å². The Labute approximate surface area is 169 Å². The van der Waals surface area contributed by atoms with Crippen molar-refractivity contribution in [3.05, 3.63) is 121 Å². The molecule has 0 spiro atoms. The number of halogens is 1. The molecule has 0 aliphatic rings. The van der Waals surface area contributed by atoms with Gasteiger partial charge in [0.1, 0.15) is 0 Å². The molecule has 27 heavy (non-hydrogen) atoms. The average Bonchev–Trinajstić information content (AvgIpc) is 2.75. The fourth-order valence-electron chi connectivity index (χ4n) is 4.02. The monoisotopic (exact) mass is 432 g/mol. The van der Waals surface area contributed by atoms with Crippen molar-refractivity contribution in [1.82, 2.24) is 0 Å². The zero-order valence-electron chi connectivity index (χ0n) is 15.3. The minimum atomic E-state index is -3.05. The van der Waals surface area contributed by atoms with E-state index in [-0.39, 0.29) is 0 Å². The van der Waals surface area contributed by atoms with E-state index in [0.717, 1.165) is 0 Å². The second kappa shape index (κ2) is 7.08. The quantitative estimate of drug-likeness (QED) is 0.375. The summed E-state index contributed by atoms with van der Waals surface area (Å²) in [5.74, 6) is 0. The molecule has 0 heterocycles. The van der Waals surface area contributed by atoms with Gasteiger partial charge < -0.3 is 0 Å². The molecule has 0 amide bonds. The summed E-state index contributed by atoms with van der Waals surface area (Å²) in [6, 6.07) is 41.5.